The van der Waals surface area contributed by atoms with Crippen LogP contribution in [-0.2, 0) is 20.4 Å². The first-order valence-electron chi connectivity index (χ1n) is 13.6. The monoisotopic (exact) mass is 492 g/mol. The third kappa shape index (κ3) is 11.1. The van der Waals surface area contributed by atoms with E-state index < -0.39 is 0 Å². The second kappa shape index (κ2) is 15.1. The number of aromatic hydroxyl groups is 1. The Bertz CT molecular complexity index is 693. The lowest BCUT2D eigenvalue weighted by Gasteiger charge is -2.30. The first-order valence-corrected chi connectivity index (χ1v) is 14.2. The molecule has 1 aromatic carbocycles. The van der Waals surface area contributed by atoms with Gasteiger partial charge in [-0.3, -0.25) is 4.79 Å². The van der Waals surface area contributed by atoms with Crippen LogP contribution in [0, 0.1) is 0 Å². The first-order chi connectivity index (χ1) is 15.9. The molecule has 0 amide bonds. The fourth-order valence-corrected chi connectivity index (χ4v) is 4.54. The molecule has 0 spiro atoms. The largest absolute Gasteiger partial charge is 0.507 e. The molecular weight excluding hydrogens is 440 g/mol. The van der Waals surface area contributed by atoms with E-state index in [1.807, 2.05) is 12.1 Å². The highest BCUT2D eigenvalue weighted by molar-refractivity contribution is 7.81. The molecule has 1 unspecified atom stereocenters. The molecule has 1 N–H and O–H groups in total. The number of carbonyl (C=O) groups is 1. The number of phenolic OH excluding ortho intramolecular Hbond substituents is 1. The number of carbonyl (C=O) groups excluding carboxylic acids is 1. The van der Waals surface area contributed by atoms with Gasteiger partial charge in [0.1, 0.15) is 11.9 Å². The summed E-state index contributed by atoms with van der Waals surface area (Å²) in [6.07, 6.45) is 14.7. The van der Waals surface area contributed by atoms with E-state index in [9.17, 15) is 9.90 Å². The van der Waals surface area contributed by atoms with Crippen LogP contribution in [0.4, 0.5) is 0 Å². The van der Waals surface area contributed by atoms with E-state index >= 15 is 0 Å². The van der Waals surface area contributed by atoms with Gasteiger partial charge in [-0.05, 0) is 52.5 Å². The summed E-state index contributed by atoms with van der Waals surface area (Å²) in [5.74, 6) is 0.141. The third-order valence-corrected chi connectivity index (χ3v) is 6.85. The minimum absolute atomic E-state index is 0.0745. The minimum atomic E-state index is -0.305. The maximum Gasteiger partial charge on any atom is 0.316 e. The van der Waals surface area contributed by atoms with Crippen LogP contribution in [0.1, 0.15) is 148 Å². The molecule has 0 saturated carbocycles. The normalized spacial score (nSPS) is 13.2. The molecular formula is C30H52O3S. The number of hydrogen-bond acceptors (Lipinski definition) is 4. The molecule has 0 bridgehead atoms. The van der Waals surface area contributed by atoms with Crippen molar-refractivity contribution in [3.05, 3.63) is 28.8 Å². The molecule has 1 atom stereocenters. The number of esters is 1. The van der Waals surface area contributed by atoms with Gasteiger partial charge in [0.2, 0.25) is 0 Å². The lowest BCUT2D eigenvalue weighted by Crippen LogP contribution is -2.20. The van der Waals surface area contributed by atoms with Crippen molar-refractivity contribution in [2.24, 2.45) is 0 Å². The Kier molecular flexibility index (Phi) is 13.7. The van der Waals surface area contributed by atoms with Crippen LogP contribution < -0.4 is 0 Å². The molecule has 0 saturated heterocycles. The molecule has 3 nitrogen and oxygen atoms in total. The molecule has 1 rings (SSSR count). The van der Waals surface area contributed by atoms with E-state index in [0.717, 1.165) is 36.0 Å². The summed E-state index contributed by atoms with van der Waals surface area (Å²) in [4.78, 5) is 12.2. The number of rotatable bonds is 15. The quantitative estimate of drug-likeness (QED) is 0.146. The van der Waals surface area contributed by atoms with E-state index in [1.54, 1.807) is 0 Å². The fraction of sp³-hybridized carbons (Fsp3) is 0.767. The van der Waals surface area contributed by atoms with Crippen molar-refractivity contribution < 1.29 is 14.6 Å². The van der Waals surface area contributed by atoms with Gasteiger partial charge in [0.25, 0.3) is 0 Å². The lowest BCUT2D eigenvalue weighted by molar-refractivity contribution is -0.146. The molecule has 4 heteroatoms. The number of unbranched alkanes of at least 4 members (excludes halogenated alkanes) is 10. The van der Waals surface area contributed by atoms with Gasteiger partial charge in [-0.15, -0.1) is 0 Å². The standard InChI is InChI=1S/C30H52O3S/c1-8-9-10-11-12-13-14-15-16-17-18-19-26(33-27(31)22-34)23-20-24(29(2,3)4)28(32)25(21-23)30(5,6)7/h20-21,26,32,34H,8-19,22H2,1-7H3. The van der Waals surface area contributed by atoms with Gasteiger partial charge in [0.15, 0.2) is 0 Å². The summed E-state index contributed by atoms with van der Waals surface area (Å²) in [6, 6.07) is 4.08. The van der Waals surface area contributed by atoms with Crippen LogP contribution in [-0.4, -0.2) is 16.8 Å². The Balaban J connectivity index is 2.82. The third-order valence-electron chi connectivity index (χ3n) is 6.59. The zero-order chi connectivity index (χ0) is 25.8. The Morgan fingerprint density at radius 2 is 1.24 bits per heavy atom. The van der Waals surface area contributed by atoms with Crippen molar-refractivity contribution in [3.8, 4) is 5.75 Å². The Labute approximate surface area is 215 Å². The van der Waals surface area contributed by atoms with E-state index in [4.69, 9.17) is 4.74 Å². The molecule has 1 aromatic rings. The first kappa shape index (κ1) is 30.9. The van der Waals surface area contributed by atoms with Crippen molar-refractivity contribution in [1.82, 2.24) is 0 Å². The summed E-state index contributed by atoms with van der Waals surface area (Å²) in [5, 5.41) is 11.1. The maximum absolute atomic E-state index is 12.2. The van der Waals surface area contributed by atoms with Crippen LogP contribution in [0.5, 0.6) is 5.75 Å². The maximum atomic E-state index is 12.2. The number of ether oxygens (including phenoxy) is 1. The van der Waals surface area contributed by atoms with Crippen LogP contribution in [0.25, 0.3) is 0 Å². The van der Waals surface area contributed by atoms with Crippen molar-refractivity contribution >= 4 is 18.6 Å². The van der Waals surface area contributed by atoms with Crippen molar-refractivity contribution in [2.45, 2.75) is 142 Å². The highest BCUT2D eigenvalue weighted by Crippen LogP contribution is 2.42. The zero-order valence-electron chi connectivity index (χ0n) is 23.1. The Morgan fingerprint density at radius 3 is 1.62 bits per heavy atom. The predicted octanol–water partition coefficient (Wildman–Crippen LogP) is 9.20. The molecule has 0 radical (unpaired) electrons. The number of benzene rings is 1. The van der Waals surface area contributed by atoms with E-state index in [0.29, 0.717) is 5.75 Å². The number of hydrogen-bond donors (Lipinski definition) is 2. The summed E-state index contributed by atoms with van der Waals surface area (Å²) >= 11 is 4.12. The van der Waals surface area contributed by atoms with Gasteiger partial charge < -0.3 is 9.84 Å². The second-order valence-corrected chi connectivity index (χ2v) is 12.2. The van der Waals surface area contributed by atoms with Crippen molar-refractivity contribution in [2.75, 3.05) is 5.75 Å². The highest BCUT2D eigenvalue weighted by Gasteiger charge is 2.29. The van der Waals surface area contributed by atoms with Crippen LogP contribution in [0.3, 0.4) is 0 Å². The average molecular weight is 493 g/mol. The minimum Gasteiger partial charge on any atom is -0.507 e. The molecule has 196 valence electrons. The van der Waals surface area contributed by atoms with Gasteiger partial charge in [-0.25, -0.2) is 0 Å². The van der Waals surface area contributed by atoms with Gasteiger partial charge in [-0.1, -0.05) is 113 Å². The fourth-order valence-electron chi connectivity index (χ4n) is 4.47. The molecule has 0 aliphatic rings. The Morgan fingerprint density at radius 1 is 0.824 bits per heavy atom. The Hall–Kier alpha value is -1.16. The average Bonchev–Trinajstić information content (AvgIpc) is 2.75. The summed E-state index contributed by atoms with van der Waals surface area (Å²) in [5.41, 5.74) is 2.36. The van der Waals surface area contributed by atoms with Gasteiger partial charge in [0, 0.05) is 0 Å². The van der Waals surface area contributed by atoms with E-state index in [1.165, 1.54) is 57.8 Å². The van der Waals surface area contributed by atoms with Gasteiger partial charge in [-0.2, -0.15) is 12.6 Å². The SMILES string of the molecule is CCCCCCCCCCCCCC(OC(=O)CS)c1cc(C(C)(C)C)c(O)c(C(C)(C)C)c1. The molecule has 34 heavy (non-hydrogen) atoms. The molecule has 0 aromatic heterocycles. The molecule has 0 fully saturated rings. The topological polar surface area (TPSA) is 46.5 Å². The lowest BCUT2D eigenvalue weighted by atomic mass is 9.77. The zero-order valence-corrected chi connectivity index (χ0v) is 24.0. The molecule has 0 aliphatic carbocycles. The highest BCUT2D eigenvalue weighted by atomic mass is 32.1. The van der Waals surface area contributed by atoms with Crippen LogP contribution in [0.15, 0.2) is 12.1 Å². The molecule has 0 heterocycles. The molecule has 0 aliphatic heterocycles. The predicted molar refractivity (Wildman–Crippen MR) is 149 cm³/mol. The van der Waals surface area contributed by atoms with Gasteiger partial charge in [0.05, 0.1) is 5.75 Å². The van der Waals surface area contributed by atoms with E-state index in [2.05, 4.69) is 61.1 Å². The summed E-state index contributed by atoms with van der Waals surface area (Å²) < 4.78 is 5.86. The smallest absolute Gasteiger partial charge is 0.316 e. The van der Waals surface area contributed by atoms with Crippen LogP contribution in [0.2, 0.25) is 0 Å². The van der Waals surface area contributed by atoms with Crippen molar-refractivity contribution in [1.29, 1.82) is 0 Å². The van der Waals surface area contributed by atoms with Gasteiger partial charge >= 0.3 is 5.97 Å². The number of thiol groups is 1. The second-order valence-electron chi connectivity index (χ2n) is 11.9. The van der Waals surface area contributed by atoms with Crippen LogP contribution >= 0.6 is 12.6 Å². The summed E-state index contributed by atoms with van der Waals surface area (Å²) in [7, 11) is 0. The number of phenols is 1. The van der Waals surface area contributed by atoms with E-state index in [-0.39, 0.29) is 28.7 Å². The summed E-state index contributed by atoms with van der Waals surface area (Å²) in [6.45, 7) is 14.9. The van der Waals surface area contributed by atoms with Crippen molar-refractivity contribution in [3.63, 3.8) is 0 Å².